The quantitative estimate of drug-likeness (QED) is 0.662. The molecule has 3 rings (SSSR count). The maximum Gasteiger partial charge on any atom is 0.222 e. The number of rotatable bonds is 9. The number of benzene rings is 2. The Kier molecular flexibility index (Phi) is 6.32. The van der Waals surface area contributed by atoms with Crippen molar-refractivity contribution in [3.8, 4) is 5.75 Å². The van der Waals surface area contributed by atoms with Crippen LogP contribution in [-0.4, -0.2) is 37.6 Å². The Morgan fingerprint density at radius 2 is 1.85 bits per heavy atom. The molecule has 0 heterocycles. The van der Waals surface area contributed by atoms with Crippen LogP contribution in [0.4, 0.5) is 10.1 Å². The normalized spacial score (nSPS) is 13.3. The van der Waals surface area contributed by atoms with Crippen molar-refractivity contribution in [3.63, 3.8) is 0 Å². The van der Waals surface area contributed by atoms with Gasteiger partial charge in [0.25, 0.3) is 0 Å². The molecule has 144 valence electrons. The second kappa shape index (κ2) is 8.89. The summed E-state index contributed by atoms with van der Waals surface area (Å²) in [7, 11) is 3.47. The van der Waals surface area contributed by atoms with Crippen LogP contribution in [0.15, 0.2) is 48.5 Å². The van der Waals surface area contributed by atoms with E-state index in [0.717, 1.165) is 30.0 Å². The van der Waals surface area contributed by atoms with Gasteiger partial charge in [0.2, 0.25) is 5.91 Å². The van der Waals surface area contributed by atoms with Crippen molar-refractivity contribution in [2.75, 3.05) is 25.6 Å². The minimum absolute atomic E-state index is 0.121. The Labute approximate surface area is 160 Å². The molecule has 0 spiro atoms. The van der Waals surface area contributed by atoms with Gasteiger partial charge in [-0.15, -0.1) is 0 Å². The van der Waals surface area contributed by atoms with Crippen LogP contribution >= 0.6 is 0 Å². The average Bonchev–Trinajstić information content (AvgIpc) is 3.51. The van der Waals surface area contributed by atoms with Crippen LogP contribution in [0.2, 0.25) is 0 Å². The molecule has 27 heavy (non-hydrogen) atoms. The number of para-hydroxylation sites is 1. The van der Waals surface area contributed by atoms with Gasteiger partial charge in [-0.25, -0.2) is 4.39 Å². The van der Waals surface area contributed by atoms with Gasteiger partial charge in [0, 0.05) is 43.9 Å². The number of carbonyl (C=O) groups excluding carboxylic acids is 1. The molecule has 0 bridgehead atoms. The number of anilines is 1. The second-order valence-electron chi connectivity index (χ2n) is 7.07. The van der Waals surface area contributed by atoms with E-state index in [1.54, 1.807) is 12.0 Å². The molecule has 0 aromatic heterocycles. The third-order valence-corrected chi connectivity index (χ3v) is 4.96. The molecule has 0 N–H and O–H groups in total. The van der Waals surface area contributed by atoms with Crippen molar-refractivity contribution < 1.29 is 13.9 Å². The summed E-state index contributed by atoms with van der Waals surface area (Å²) in [5.74, 6) is 0.701. The SMILES string of the molecule is COc1ccccc1CN(C)C(=O)CCCN(c1ccc(F)cc1)C1CC1. The van der Waals surface area contributed by atoms with E-state index >= 15 is 0 Å². The van der Waals surface area contributed by atoms with Crippen molar-refractivity contribution >= 4 is 11.6 Å². The zero-order valence-electron chi connectivity index (χ0n) is 16.0. The van der Waals surface area contributed by atoms with E-state index in [1.165, 1.54) is 25.0 Å². The minimum atomic E-state index is -0.220. The van der Waals surface area contributed by atoms with Crippen molar-refractivity contribution in [1.82, 2.24) is 4.90 Å². The first-order valence-electron chi connectivity index (χ1n) is 9.46. The molecule has 1 aliphatic rings. The summed E-state index contributed by atoms with van der Waals surface area (Å²) in [6.45, 7) is 1.34. The highest BCUT2D eigenvalue weighted by atomic mass is 19.1. The first-order valence-corrected chi connectivity index (χ1v) is 9.46. The minimum Gasteiger partial charge on any atom is -0.496 e. The molecule has 4 nitrogen and oxygen atoms in total. The first kappa shape index (κ1) is 19.2. The number of ether oxygens (including phenoxy) is 1. The lowest BCUT2D eigenvalue weighted by Gasteiger charge is -2.25. The summed E-state index contributed by atoms with van der Waals surface area (Å²) in [6, 6.07) is 14.9. The Morgan fingerprint density at radius 3 is 2.52 bits per heavy atom. The van der Waals surface area contributed by atoms with E-state index in [2.05, 4.69) is 4.90 Å². The topological polar surface area (TPSA) is 32.8 Å². The van der Waals surface area contributed by atoms with Gasteiger partial charge < -0.3 is 14.5 Å². The van der Waals surface area contributed by atoms with Gasteiger partial charge >= 0.3 is 0 Å². The second-order valence-corrected chi connectivity index (χ2v) is 7.07. The third kappa shape index (κ3) is 5.22. The standard InChI is InChI=1S/C22H27FN2O2/c1-24(16-17-6-3-4-7-21(17)27-2)22(26)8-5-15-25(20-13-14-20)19-11-9-18(23)10-12-19/h3-4,6-7,9-12,20H,5,8,13-16H2,1-2H3. The highest BCUT2D eigenvalue weighted by Gasteiger charge is 2.29. The van der Waals surface area contributed by atoms with Gasteiger partial charge in [0.1, 0.15) is 11.6 Å². The van der Waals surface area contributed by atoms with Crippen LogP contribution in [0.25, 0.3) is 0 Å². The Bertz CT molecular complexity index is 759. The third-order valence-electron chi connectivity index (χ3n) is 4.96. The van der Waals surface area contributed by atoms with Gasteiger partial charge in [-0.1, -0.05) is 18.2 Å². The van der Waals surface area contributed by atoms with Gasteiger partial charge in [-0.2, -0.15) is 0 Å². The largest absolute Gasteiger partial charge is 0.496 e. The molecule has 1 aliphatic carbocycles. The number of hydrogen-bond acceptors (Lipinski definition) is 3. The van der Waals surface area contributed by atoms with E-state index in [4.69, 9.17) is 4.74 Å². The summed E-state index contributed by atoms with van der Waals surface area (Å²) in [5.41, 5.74) is 2.04. The first-order chi connectivity index (χ1) is 13.1. The molecule has 2 aromatic rings. The molecule has 5 heteroatoms. The smallest absolute Gasteiger partial charge is 0.222 e. The molecule has 0 aliphatic heterocycles. The lowest BCUT2D eigenvalue weighted by Crippen LogP contribution is -2.30. The number of methoxy groups -OCH3 is 1. The molecule has 1 amide bonds. The summed E-state index contributed by atoms with van der Waals surface area (Å²) in [6.07, 6.45) is 3.61. The Morgan fingerprint density at radius 1 is 1.15 bits per heavy atom. The van der Waals surface area contributed by atoms with Gasteiger partial charge in [0.05, 0.1) is 7.11 Å². The van der Waals surface area contributed by atoms with Gasteiger partial charge in [-0.05, 0) is 49.6 Å². The zero-order chi connectivity index (χ0) is 19.2. The highest BCUT2D eigenvalue weighted by molar-refractivity contribution is 5.76. The maximum atomic E-state index is 13.2. The predicted octanol–water partition coefficient (Wildman–Crippen LogP) is 4.24. The zero-order valence-corrected chi connectivity index (χ0v) is 16.0. The van der Waals surface area contributed by atoms with Crippen LogP contribution in [0.3, 0.4) is 0 Å². The van der Waals surface area contributed by atoms with Gasteiger partial charge in [-0.3, -0.25) is 4.79 Å². The fraction of sp³-hybridized carbons (Fsp3) is 0.409. The Balaban J connectivity index is 1.51. The van der Waals surface area contributed by atoms with Crippen LogP contribution in [0.1, 0.15) is 31.2 Å². The molecule has 1 fully saturated rings. The fourth-order valence-corrected chi connectivity index (χ4v) is 3.31. The van der Waals surface area contributed by atoms with Crippen LogP contribution < -0.4 is 9.64 Å². The monoisotopic (exact) mass is 370 g/mol. The number of amides is 1. The number of nitrogens with zero attached hydrogens (tertiary/aromatic N) is 2. The van der Waals surface area contributed by atoms with E-state index in [-0.39, 0.29) is 11.7 Å². The van der Waals surface area contributed by atoms with E-state index in [9.17, 15) is 9.18 Å². The van der Waals surface area contributed by atoms with Crippen molar-refractivity contribution in [1.29, 1.82) is 0 Å². The molecular formula is C22H27FN2O2. The van der Waals surface area contributed by atoms with Crippen LogP contribution in [0.5, 0.6) is 5.75 Å². The lowest BCUT2D eigenvalue weighted by molar-refractivity contribution is -0.130. The fourth-order valence-electron chi connectivity index (χ4n) is 3.31. The predicted molar refractivity (Wildman–Crippen MR) is 105 cm³/mol. The number of halogens is 1. The van der Waals surface area contributed by atoms with Crippen molar-refractivity contribution in [2.45, 2.75) is 38.3 Å². The van der Waals surface area contributed by atoms with E-state index in [1.807, 2.05) is 43.4 Å². The van der Waals surface area contributed by atoms with Crippen LogP contribution in [0, 0.1) is 5.82 Å². The van der Waals surface area contributed by atoms with E-state index < -0.39 is 0 Å². The lowest BCUT2D eigenvalue weighted by atomic mass is 10.1. The van der Waals surface area contributed by atoms with Crippen molar-refractivity contribution in [2.24, 2.45) is 0 Å². The van der Waals surface area contributed by atoms with E-state index in [0.29, 0.717) is 19.0 Å². The molecule has 0 atom stereocenters. The Hall–Kier alpha value is -2.56. The molecule has 0 saturated heterocycles. The summed E-state index contributed by atoms with van der Waals surface area (Å²) in [5, 5.41) is 0. The molecule has 1 saturated carbocycles. The number of hydrogen-bond donors (Lipinski definition) is 0. The maximum absolute atomic E-state index is 13.2. The summed E-state index contributed by atoms with van der Waals surface area (Å²) in [4.78, 5) is 16.6. The highest BCUT2D eigenvalue weighted by Crippen LogP contribution is 2.32. The van der Waals surface area contributed by atoms with Crippen LogP contribution in [-0.2, 0) is 11.3 Å². The molecule has 0 radical (unpaired) electrons. The molecular weight excluding hydrogens is 343 g/mol. The number of carbonyl (C=O) groups is 1. The summed E-state index contributed by atoms with van der Waals surface area (Å²) >= 11 is 0. The summed E-state index contributed by atoms with van der Waals surface area (Å²) < 4.78 is 18.5. The van der Waals surface area contributed by atoms with Crippen molar-refractivity contribution in [3.05, 3.63) is 59.9 Å². The van der Waals surface area contributed by atoms with Gasteiger partial charge in [0.15, 0.2) is 0 Å². The molecule has 2 aromatic carbocycles. The molecule has 0 unspecified atom stereocenters. The average molecular weight is 370 g/mol.